The minimum atomic E-state index is -3.53. The maximum absolute atomic E-state index is 12.7. The van der Waals surface area contributed by atoms with Gasteiger partial charge in [0.05, 0.1) is 4.90 Å². The van der Waals surface area contributed by atoms with Crippen LogP contribution in [0.2, 0.25) is 5.02 Å². The van der Waals surface area contributed by atoms with Gasteiger partial charge in [-0.1, -0.05) is 17.7 Å². The Morgan fingerprint density at radius 2 is 1.76 bits per heavy atom. The molecule has 25 heavy (non-hydrogen) atoms. The SMILES string of the molecule is CN(C)c1ccc(N2CCN(S(=O)(=O)c3cccc(Cl)c3)CC2)nn1. The molecule has 0 aliphatic carbocycles. The molecule has 1 fully saturated rings. The van der Waals surface area contributed by atoms with Gasteiger partial charge in [-0.25, -0.2) is 8.42 Å². The number of nitrogens with zero attached hydrogens (tertiary/aromatic N) is 5. The van der Waals surface area contributed by atoms with Crippen molar-refractivity contribution in [3.8, 4) is 0 Å². The largest absolute Gasteiger partial charge is 0.361 e. The topological polar surface area (TPSA) is 69.6 Å². The zero-order valence-corrected chi connectivity index (χ0v) is 15.7. The second-order valence-electron chi connectivity index (χ2n) is 5.99. The summed E-state index contributed by atoms with van der Waals surface area (Å²) in [5, 5.41) is 8.81. The summed E-state index contributed by atoms with van der Waals surface area (Å²) < 4.78 is 26.9. The van der Waals surface area contributed by atoms with Gasteiger partial charge in [0, 0.05) is 45.3 Å². The van der Waals surface area contributed by atoms with Crippen molar-refractivity contribution in [2.45, 2.75) is 4.90 Å². The molecule has 1 aromatic carbocycles. The maximum atomic E-state index is 12.7. The van der Waals surface area contributed by atoms with Crippen molar-refractivity contribution >= 4 is 33.3 Å². The van der Waals surface area contributed by atoms with Gasteiger partial charge in [0.25, 0.3) is 0 Å². The van der Waals surface area contributed by atoms with Crippen LogP contribution in [0.4, 0.5) is 11.6 Å². The number of halogens is 1. The first-order valence-corrected chi connectivity index (χ1v) is 9.71. The average molecular weight is 382 g/mol. The lowest BCUT2D eigenvalue weighted by Gasteiger charge is -2.34. The van der Waals surface area contributed by atoms with Crippen molar-refractivity contribution < 1.29 is 8.42 Å². The van der Waals surface area contributed by atoms with Crippen LogP contribution in [0.1, 0.15) is 0 Å². The molecule has 0 radical (unpaired) electrons. The number of hydrogen-bond acceptors (Lipinski definition) is 6. The molecule has 3 rings (SSSR count). The summed E-state index contributed by atoms with van der Waals surface area (Å²) in [5.74, 6) is 1.54. The van der Waals surface area contributed by atoms with Crippen LogP contribution in [0.5, 0.6) is 0 Å². The van der Waals surface area contributed by atoms with E-state index in [0.717, 1.165) is 11.6 Å². The molecule has 0 amide bonds. The van der Waals surface area contributed by atoms with Crippen molar-refractivity contribution in [3.63, 3.8) is 0 Å². The summed E-state index contributed by atoms with van der Waals surface area (Å²) in [6.07, 6.45) is 0. The molecule has 0 atom stereocenters. The molecule has 0 saturated carbocycles. The van der Waals surface area contributed by atoms with Crippen LogP contribution in [0.25, 0.3) is 0 Å². The zero-order chi connectivity index (χ0) is 18.0. The maximum Gasteiger partial charge on any atom is 0.243 e. The van der Waals surface area contributed by atoms with Crippen LogP contribution >= 0.6 is 11.6 Å². The molecule has 2 aromatic rings. The van der Waals surface area contributed by atoms with Gasteiger partial charge in [-0.15, -0.1) is 10.2 Å². The quantitative estimate of drug-likeness (QED) is 0.803. The van der Waals surface area contributed by atoms with Crippen molar-refractivity contribution in [3.05, 3.63) is 41.4 Å². The fourth-order valence-corrected chi connectivity index (χ4v) is 4.38. The van der Waals surface area contributed by atoms with Crippen molar-refractivity contribution in [1.82, 2.24) is 14.5 Å². The van der Waals surface area contributed by atoms with Gasteiger partial charge in [-0.2, -0.15) is 4.31 Å². The number of aromatic nitrogens is 2. The Morgan fingerprint density at radius 3 is 2.32 bits per heavy atom. The number of benzene rings is 1. The number of rotatable bonds is 4. The molecule has 0 unspecified atom stereocenters. The Morgan fingerprint density at radius 1 is 1.04 bits per heavy atom. The van der Waals surface area contributed by atoms with Gasteiger partial charge < -0.3 is 9.80 Å². The highest BCUT2D eigenvalue weighted by molar-refractivity contribution is 7.89. The van der Waals surface area contributed by atoms with Gasteiger partial charge in [0.2, 0.25) is 10.0 Å². The lowest BCUT2D eigenvalue weighted by molar-refractivity contribution is 0.383. The molecule has 1 aliphatic rings. The van der Waals surface area contributed by atoms with Crippen molar-refractivity contribution in [1.29, 1.82) is 0 Å². The Kier molecular flexibility index (Phi) is 5.12. The number of hydrogen-bond donors (Lipinski definition) is 0. The molecule has 7 nitrogen and oxygen atoms in total. The van der Waals surface area contributed by atoms with Crippen LogP contribution in [0, 0.1) is 0 Å². The molecule has 134 valence electrons. The predicted molar refractivity (Wildman–Crippen MR) is 98.8 cm³/mol. The third-order valence-corrected chi connectivity index (χ3v) is 6.22. The Balaban J connectivity index is 1.69. The van der Waals surface area contributed by atoms with Gasteiger partial charge in [-0.05, 0) is 30.3 Å². The second kappa shape index (κ2) is 7.15. The third-order valence-electron chi connectivity index (χ3n) is 4.09. The van der Waals surface area contributed by atoms with E-state index >= 15 is 0 Å². The van der Waals surface area contributed by atoms with Crippen LogP contribution in [-0.2, 0) is 10.0 Å². The van der Waals surface area contributed by atoms with E-state index in [9.17, 15) is 8.42 Å². The summed E-state index contributed by atoms with van der Waals surface area (Å²) in [7, 11) is 0.283. The Labute approximate surface area is 152 Å². The van der Waals surface area contributed by atoms with Gasteiger partial charge in [0.15, 0.2) is 11.6 Å². The molecular weight excluding hydrogens is 362 g/mol. The molecule has 0 N–H and O–H groups in total. The monoisotopic (exact) mass is 381 g/mol. The summed E-state index contributed by atoms with van der Waals surface area (Å²) in [4.78, 5) is 4.14. The van der Waals surface area contributed by atoms with E-state index in [1.807, 2.05) is 36.0 Å². The molecule has 1 aliphatic heterocycles. The van der Waals surface area contributed by atoms with E-state index in [1.54, 1.807) is 18.2 Å². The first-order chi connectivity index (χ1) is 11.9. The first-order valence-electron chi connectivity index (χ1n) is 7.89. The smallest absolute Gasteiger partial charge is 0.243 e. The molecule has 1 saturated heterocycles. The van der Waals surface area contributed by atoms with Crippen LogP contribution in [-0.4, -0.2) is 63.2 Å². The van der Waals surface area contributed by atoms with Crippen LogP contribution in [0.15, 0.2) is 41.3 Å². The highest BCUT2D eigenvalue weighted by Crippen LogP contribution is 2.22. The van der Waals surface area contributed by atoms with Crippen molar-refractivity contribution in [2.75, 3.05) is 50.1 Å². The highest BCUT2D eigenvalue weighted by Gasteiger charge is 2.29. The summed E-state index contributed by atoms with van der Waals surface area (Å²) >= 11 is 5.92. The molecule has 0 spiro atoms. The normalized spacial score (nSPS) is 16.0. The number of sulfonamides is 1. The first kappa shape index (κ1) is 17.9. The third kappa shape index (κ3) is 3.86. The van der Waals surface area contributed by atoms with Crippen LogP contribution in [0.3, 0.4) is 0 Å². The molecular formula is C16H20ClN5O2S. The lowest BCUT2D eigenvalue weighted by atomic mass is 10.3. The van der Waals surface area contributed by atoms with Gasteiger partial charge in [0.1, 0.15) is 0 Å². The number of anilines is 2. The van der Waals surface area contributed by atoms with Crippen molar-refractivity contribution in [2.24, 2.45) is 0 Å². The molecule has 2 heterocycles. The highest BCUT2D eigenvalue weighted by atomic mass is 35.5. The van der Waals surface area contributed by atoms with E-state index in [4.69, 9.17) is 11.6 Å². The fraction of sp³-hybridized carbons (Fsp3) is 0.375. The van der Waals surface area contributed by atoms with E-state index in [2.05, 4.69) is 10.2 Å². The van der Waals surface area contributed by atoms with Gasteiger partial charge >= 0.3 is 0 Å². The summed E-state index contributed by atoms with van der Waals surface area (Å²) in [6.45, 7) is 1.92. The zero-order valence-electron chi connectivity index (χ0n) is 14.1. The Bertz CT molecular complexity index is 834. The minimum Gasteiger partial charge on any atom is -0.361 e. The molecule has 0 bridgehead atoms. The standard InChI is InChI=1S/C16H20ClN5O2S/c1-20(2)15-6-7-16(19-18-15)21-8-10-22(11-9-21)25(23,24)14-5-3-4-13(17)12-14/h3-7,12H,8-11H2,1-2H3. The van der Waals surface area contributed by atoms with E-state index in [0.29, 0.717) is 31.2 Å². The number of piperazine rings is 1. The van der Waals surface area contributed by atoms with E-state index in [1.165, 1.54) is 10.4 Å². The van der Waals surface area contributed by atoms with Crippen LogP contribution < -0.4 is 9.80 Å². The molecule has 9 heteroatoms. The van der Waals surface area contributed by atoms with E-state index < -0.39 is 10.0 Å². The molecule has 1 aromatic heterocycles. The van der Waals surface area contributed by atoms with Gasteiger partial charge in [-0.3, -0.25) is 0 Å². The van der Waals surface area contributed by atoms with E-state index in [-0.39, 0.29) is 4.90 Å². The predicted octanol–water partition coefficient (Wildman–Crippen LogP) is 1.71. The minimum absolute atomic E-state index is 0.226. The summed E-state index contributed by atoms with van der Waals surface area (Å²) in [6, 6.07) is 10.2. The second-order valence-corrected chi connectivity index (χ2v) is 8.37. The summed E-state index contributed by atoms with van der Waals surface area (Å²) in [5.41, 5.74) is 0. The lowest BCUT2D eigenvalue weighted by Crippen LogP contribution is -2.49. The fourth-order valence-electron chi connectivity index (χ4n) is 2.66. The average Bonchev–Trinajstić information content (AvgIpc) is 2.62. The Hall–Kier alpha value is -1.90.